The van der Waals surface area contributed by atoms with E-state index in [1.165, 1.54) is 32.9 Å². The predicted molar refractivity (Wildman–Crippen MR) is 218 cm³/mol. The van der Waals surface area contributed by atoms with Crippen LogP contribution >= 0.6 is 22.6 Å². The topological polar surface area (TPSA) is 169 Å². The molecule has 3 aromatic carbocycles. The molecule has 3 atom stereocenters. The maximum absolute atomic E-state index is 15.4. The molecule has 4 rings (SSSR count). The molecular formula is C41H52IN3O12. The van der Waals surface area contributed by atoms with Crippen molar-refractivity contribution in [3.8, 4) is 28.7 Å². The van der Waals surface area contributed by atoms with E-state index in [1.807, 2.05) is 43.3 Å². The van der Waals surface area contributed by atoms with Crippen molar-refractivity contribution in [3.63, 3.8) is 0 Å². The smallest absolute Gasteiger partial charge is 0.408 e. The van der Waals surface area contributed by atoms with E-state index in [0.717, 1.165) is 11.1 Å². The van der Waals surface area contributed by atoms with Gasteiger partial charge in [0.15, 0.2) is 29.8 Å². The van der Waals surface area contributed by atoms with Crippen LogP contribution in [0.15, 0.2) is 42.5 Å². The molecule has 15 nitrogen and oxygen atoms in total. The molecule has 1 heterocycles. The van der Waals surface area contributed by atoms with Crippen molar-refractivity contribution in [2.45, 2.75) is 85.2 Å². The molecule has 1 aliphatic heterocycles. The molecule has 16 heteroatoms. The van der Waals surface area contributed by atoms with Crippen LogP contribution in [0.1, 0.15) is 68.5 Å². The Hall–Kier alpha value is -4.97. The summed E-state index contributed by atoms with van der Waals surface area (Å²) < 4.78 is 46.8. The fraction of sp³-hybridized carbons (Fsp3) is 0.463. The Morgan fingerprint density at radius 3 is 2.28 bits per heavy atom. The third-order valence-electron chi connectivity index (χ3n) is 8.92. The number of hydrogen-bond donors (Lipinski definition) is 2. The van der Waals surface area contributed by atoms with Crippen LogP contribution in [0.5, 0.6) is 28.7 Å². The Bertz CT molecular complexity index is 1920. The highest BCUT2D eigenvalue weighted by Gasteiger charge is 2.42. The number of likely N-dealkylation sites (N-methyl/N-ethyl adjacent to an activating group) is 1. The Kier molecular flexibility index (Phi) is 15.7. The highest BCUT2D eigenvalue weighted by molar-refractivity contribution is 14.1. The van der Waals surface area contributed by atoms with Crippen LogP contribution < -0.4 is 34.3 Å². The Labute approximate surface area is 347 Å². The summed E-state index contributed by atoms with van der Waals surface area (Å²) >= 11 is 2.14. The van der Waals surface area contributed by atoms with Crippen LogP contribution in [0.4, 0.5) is 4.79 Å². The number of halogens is 1. The van der Waals surface area contributed by atoms with Gasteiger partial charge in [0.25, 0.3) is 0 Å². The highest BCUT2D eigenvalue weighted by atomic mass is 127. The number of nitrogens with zero attached hydrogens (tertiary/aromatic N) is 1. The molecule has 1 unspecified atom stereocenters. The first-order valence-corrected chi connectivity index (χ1v) is 19.3. The molecule has 0 aromatic heterocycles. The highest BCUT2D eigenvalue weighted by Crippen LogP contribution is 2.47. The van der Waals surface area contributed by atoms with Crippen molar-refractivity contribution in [2.75, 3.05) is 41.5 Å². The van der Waals surface area contributed by atoms with Crippen molar-refractivity contribution >= 4 is 46.5 Å². The number of methoxy groups -OCH3 is 2. The average Bonchev–Trinajstić information content (AvgIpc) is 3.66. The van der Waals surface area contributed by atoms with Gasteiger partial charge in [0.05, 0.1) is 16.7 Å². The number of hydrogen-bond acceptors (Lipinski definition) is 12. The minimum atomic E-state index is -1.34. The molecule has 1 aliphatic rings. The summed E-state index contributed by atoms with van der Waals surface area (Å²) in [5, 5.41) is 5.39. The molecule has 3 aromatic rings. The van der Waals surface area contributed by atoms with E-state index in [9.17, 15) is 14.4 Å². The van der Waals surface area contributed by atoms with Crippen LogP contribution in [-0.2, 0) is 41.6 Å². The molecule has 0 bridgehead atoms. The van der Waals surface area contributed by atoms with Gasteiger partial charge in [-0.2, -0.15) is 0 Å². The summed E-state index contributed by atoms with van der Waals surface area (Å²) in [6, 6.07) is 9.43. The van der Waals surface area contributed by atoms with Gasteiger partial charge in [-0.25, -0.2) is 4.79 Å². The van der Waals surface area contributed by atoms with Crippen molar-refractivity contribution in [1.29, 1.82) is 0 Å². The Morgan fingerprint density at radius 2 is 1.67 bits per heavy atom. The lowest BCUT2D eigenvalue weighted by Gasteiger charge is -2.38. The molecule has 0 aliphatic carbocycles. The largest absolute Gasteiger partial charge is 0.493 e. The maximum atomic E-state index is 15.4. The number of amides is 3. The van der Waals surface area contributed by atoms with Crippen molar-refractivity contribution in [2.24, 2.45) is 0 Å². The van der Waals surface area contributed by atoms with Gasteiger partial charge in [0, 0.05) is 38.6 Å². The molecule has 0 saturated heterocycles. The van der Waals surface area contributed by atoms with Crippen molar-refractivity contribution in [3.05, 3.63) is 73.9 Å². The van der Waals surface area contributed by atoms with Crippen LogP contribution in [0, 0.1) is 17.4 Å². The SMILES string of the molecule is CNC(=O)C(C)N(C(=O)[C@H](Cc1cc(C)c(OC)c(OCc2ccccc2)c1I)NC(=O)OC(C)(C)C)[C@@H](COC(C)=O)c1cc(OCOC)c(C)c2c1OCO2. The first-order valence-electron chi connectivity index (χ1n) is 18.2. The molecule has 0 saturated carbocycles. The van der Waals surface area contributed by atoms with E-state index in [-0.39, 0.29) is 32.4 Å². The van der Waals surface area contributed by atoms with Crippen LogP contribution in [0.3, 0.4) is 0 Å². The van der Waals surface area contributed by atoms with Crippen LogP contribution in [0.25, 0.3) is 0 Å². The van der Waals surface area contributed by atoms with Gasteiger partial charge in [-0.3, -0.25) is 14.4 Å². The number of nitrogens with one attached hydrogen (secondary N) is 2. The van der Waals surface area contributed by atoms with Gasteiger partial charge in [-0.15, -0.1) is 0 Å². The van der Waals surface area contributed by atoms with Crippen molar-refractivity contribution in [1.82, 2.24) is 15.5 Å². The zero-order valence-corrected chi connectivity index (χ0v) is 36.2. The van der Waals surface area contributed by atoms with E-state index < -0.39 is 54.2 Å². The lowest BCUT2D eigenvalue weighted by molar-refractivity contribution is -0.151. The summed E-state index contributed by atoms with van der Waals surface area (Å²) in [4.78, 5) is 56.1. The summed E-state index contributed by atoms with van der Waals surface area (Å²) in [6.45, 7) is 11.1. The molecule has 2 N–H and O–H groups in total. The number of rotatable bonds is 17. The van der Waals surface area contributed by atoms with Gasteiger partial charge in [0.2, 0.25) is 18.6 Å². The van der Waals surface area contributed by atoms with Gasteiger partial charge < -0.3 is 53.4 Å². The van der Waals surface area contributed by atoms with E-state index in [4.69, 9.17) is 37.9 Å². The van der Waals surface area contributed by atoms with E-state index in [1.54, 1.807) is 40.9 Å². The molecule has 0 radical (unpaired) electrons. The second-order valence-corrected chi connectivity index (χ2v) is 15.3. The van der Waals surface area contributed by atoms with Crippen LogP contribution in [0.2, 0.25) is 0 Å². The third kappa shape index (κ3) is 11.3. The van der Waals surface area contributed by atoms with E-state index in [0.29, 0.717) is 43.3 Å². The number of ether oxygens (including phenoxy) is 8. The first kappa shape index (κ1) is 44.7. The molecule has 310 valence electrons. The molecule has 0 spiro atoms. The summed E-state index contributed by atoms with van der Waals surface area (Å²) in [6.07, 6.45) is -0.942. The average molecular weight is 906 g/mol. The van der Waals surface area contributed by atoms with Gasteiger partial charge in [0.1, 0.15) is 36.6 Å². The predicted octanol–water partition coefficient (Wildman–Crippen LogP) is 5.91. The molecule has 3 amide bonds. The summed E-state index contributed by atoms with van der Waals surface area (Å²) in [5.41, 5.74) is 2.31. The molecule has 0 fully saturated rings. The van der Waals surface area contributed by atoms with Gasteiger partial charge in [-0.05, 0) is 86.9 Å². The minimum Gasteiger partial charge on any atom is -0.493 e. The maximum Gasteiger partial charge on any atom is 0.408 e. The number of carbonyl (C=O) groups is 4. The van der Waals surface area contributed by atoms with Crippen molar-refractivity contribution < 1.29 is 57.1 Å². The quantitative estimate of drug-likeness (QED) is 0.0935. The Morgan fingerprint density at radius 1 is 0.982 bits per heavy atom. The standard InChI is InChI=1S/C41H52IN3O12/c1-23-16-28(33(42)37(34(23)51-10)53-19-27-14-12-11-13-15-27)17-30(44-40(49)57-41(5,6)7)39(48)45(25(3)38(47)43-8)31(20-52-26(4)46)29-18-32(54-21-50-9)24(2)35-36(29)56-22-55-35/h11-16,18,25,30-31H,17,19-22H2,1-10H3,(H,43,47)(H,44,49)/t25?,30-,31-/m0/s1. The number of aryl methyl sites for hydroxylation is 1. The lowest BCUT2D eigenvalue weighted by Crippen LogP contribution is -2.57. The normalized spacial score (nSPS) is 13.5. The Balaban J connectivity index is 1.91. The number of carbonyl (C=O) groups excluding carboxylic acids is 4. The fourth-order valence-electron chi connectivity index (χ4n) is 6.31. The molecule has 57 heavy (non-hydrogen) atoms. The number of esters is 1. The second kappa shape index (κ2) is 19.9. The number of benzene rings is 3. The second-order valence-electron chi connectivity index (χ2n) is 14.3. The third-order valence-corrected chi connectivity index (χ3v) is 10.1. The monoisotopic (exact) mass is 905 g/mol. The zero-order valence-electron chi connectivity index (χ0n) is 34.0. The number of fused-ring (bicyclic) bond motifs is 1. The molecular weight excluding hydrogens is 853 g/mol. The zero-order chi connectivity index (χ0) is 42.0. The van der Waals surface area contributed by atoms with Gasteiger partial charge in [-0.1, -0.05) is 36.4 Å². The van der Waals surface area contributed by atoms with E-state index >= 15 is 4.79 Å². The summed E-state index contributed by atoms with van der Waals surface area (Å²) in [5.74, 6) is 0.0768. The lowest BCUT2D eigenvalue weighted by atomic mass is 9.96. The van der Waals surface area contributed by atoms with Crippen LogP contribution in [-0.4, -0.2) is 87.9 Å². The summed E-state index contributed by atoms with van der Waals surface area (Å²) in [7, 11) is 4.46. The number of alkyl carbamates (subject to hydrolysis) is 1. The van der Waals surface area contributed by atoms with E-state index in [2.05, 4.69) is 33.2 Å². The minimum absolute atomic E-state index is 0.0755. The fourth-order valence-corrected chi connectivity index (χ4v) is 7.09. The van der Waals surface area contributed by atoms with Gasteiger partial charge >= 0.3 is 12.1 Å². The first-order chi connectivity index (χ1) is 27.0.